The highest BCUT2D eigenvalue weighted by atomic mass is 16.5. The SMILES string of the molecule is Cc1cc(N2CCC(Oc3cccnc3)CC2)nc(N)n1. The smallest absolute Gasteiger partial charge is 0.222 e. The first-order chi connectivity index (χ1) is 10.2. The molecule has 0 spiro atoms. The van der Waals surface area contributed by atoms with Crippen LogP contribution in [-0.2, 0) is 0 Å². The molecule has 1 saturated heterocycles. The number of piperidine rings is 1. The van der Waals surface area contributed by atoms with Crippen molar-refractivity contribution in [1.82, 2.24) is 15.0 Å². The first-order valence-corrected chi connectivity index (χ1v) is 7.13. The van der Waals surface area contributed by atoms with E-state index in [4.69, 9.17) is 10.5 Å². The molecule has 21 heavy (non-hydrogen) atoms. The first-order valence-electron chi connectivity index (χ1n) is 7.13. The molecule has 1 aliphatic heterocycles. The predicted molar refractivity (Wildman–Crippen MR) is 81.3 cm³/mol. The van der Waals surface area contributed by atoms with Gasteiger partial charge in [-0.25, -0.2) is 4.98 Å². The maximum Gasteiger partial charge on any atom is 0.222 e. The Morgan fingerprint density at radius 1 is 1.29 bits per heavy atom. The second kappa shape index (κ2) is 5.95. The molecule has 6 heteroatoms. The average Bonchev–Trinajstić information content (AvgIpc) is 2.48. The Morgan fingerprint density at radius 2 is 2.10 bits per heavy atom. The van der Waals surface area contributed by atoms with Crippen LogP contribution in [0.3, 0.4) is 0 Å². The lowest BCUT2D eigenvalue weighted by Crippen LogP contribution is -2.38. The van der Waals surface area contributed by atoms with Crippen LogP contribution >= 0.6 is 0 Å². The second-order valence-electron chi connectivity index (χ2n) is 5.22. The van der Waals surface area contributed by atoms with E-state index >= 15 is 0 Å². The molecule has 0 atom stereocenters. The molecule has 0 bridgehead atoms. The van der Waals surface area contributed by atoms with E-state index in [9.17, 15) is 0 Å². The van der Waals surface area contributed by atoms with E-state index in [0.29, 0.717) is 5.95 Å². The number of nitrogens with zero attached hydrogens (tertiary/aromatic N) is 4. The number of aryl methyl sites for hydroxylation is 1. The Balaban J connectivity index is 1.60. The minimum atomic E-state index is 0.228. The molecule has 0 saturated carbocycles. The van der Waals surface area contributed by atoms with Crippen molar-refractivity contribution in [2.75, 3.05) is 23.7 Å². The lowest BCUT2D eigenvalue weighted by molar-refractivity contribution is 0.170. The standard InChI is InChI=1S/C15H19N5O/c1-11-9-14(19-15(16)18-11)20-7-4-12(5-8-20)21-13-3-2-6-17-10-13/h2-3,6,9-10,12H,4-5,7-8H2,1H3,(H2,16,18,19). The van der Waals surface area contributed by atoms with Crippen molar-refractivity contribution in [3.05, 3.63) is 36.3 Å². The molecular weight excluding hydrogens is 266 g/mol. The Hall–Kier alpha value is -2.37. The van der Waals surface area contributed by atoms with Crippen LogP contribution < -0.4 is 15.4 Å². The van der Waals surface area contributed by atoms with Gasteiger partial charge in [0.1, 0.15) is 17.7 Å². The summed E-state index contributed by atoms with van der Waals surface area (Å²) in [7, 11) is 0. The largest absolute Gasteiger partial charge is 0.489 e. The van der Waals surface area contributed by atoms with Crippen LogP contribution in [0.1, 0.15) is 18.5 Å². The van der Waals surface area contributed by atoms with E-state index in [1.807, 2.05) is 25.1 Å². The van der Waals surface area contributed by atoms with Crippen LogP contribution in [0.2, 0.25) is 0 Å². The third-order valence-corrected chi connectivity index (χ3v) is 3.56. The maximum atomic E-state index is 5.94. The summed E-state index contributed by atoms with van der Waals surface area (Å²) in [5, 5.41) is 0. The summed E-state index contributed by atoms with van der Waals surface area (Å²) in [4.78, 5) is 14.7. The summed E-state index contributed by atoms with van der Waals surface area (Å²) in [6, 6.07) is 5.80. The van der Waals surface area contributed by atoms with E-state index < -0.39 is 0 Å². The molecule has 6 nitrogen and oxygen atoms in total. The Bertz CT molecular complexity index is 576. The predicted octanol–water partition coefficient (Wildman–Crippen LogP) is 1.81. The monoisotopic (exact) mass is 285 g/mol. The van der Waals surface area contributed by atoms with Gasteiger partial charge in [0.2, 0.25) is 5.95 Å². The van der Waals surface area contributed by atoms with Crippen LogP contribution in [0.25, 0.3) is 0 Å². The lowest BCUT2D eigenvalue weighted by Gasteiger charge is -2.33. The molecule has 2 aromatic heterocycles. The average molecular weight is 285 g/mol. The number of nitrogens with two attached hydrogens (primary N) is 1. The van der Waals surface area contributed by atoms with Gasteiger partial charge in [-0.1, -0.05) is 0 Å². The van der Waals surface area contributed by atoms with Crippen molar-refractivity contribution in [1.29, 1.82) is 0 Å². The number of pyridine rings is 1. The number of hydrogen-bond acceptors (Lipinski definition) is 6. The van der Waals surface area contributed by atoms with Gasteiger partial charge in [0.25, 0.3) is 0 Å². The number of rotatable bonds is 3. The quantitative estimate of drug-likeness (QED) is 0.926. The number of anilines is 2. The minimum Gasteiger partial charge on any atom is -0.489 e. The summed E-state index contributed by atoms with van der Waals surface area (Å²) >= 11 is 0. The molecule has 2 N–H and O–H groups in total. The summed E-state index contributed by atoms with van der Waals surface area (Å²) in [6.07, 6.45) is 5.64. The fourth-order valence-electron chi connectivity index (χ4n) is 2.55. The highest BCUT2D eigenvalue weighted by Gasteiger charge is 2.22. The van der Waals surface area contributed by atoms with Crippen molar-refractivity contribution in [3.8, 4) is 5.75 Å². The van der Waals surface area contributed by atoms with Crippen molar-refractivity contribution in [2.45, 2.75) is 25.9 Å². The van der Waals surface area contributed by atoms with Crippen LogP contribution in [-0.4, -0.2) is 34.1 Å². The summed E-state index contributed by atoms with van der Waals surface area (Å²) in [5.41, 5.74) is 6.61. The zero-order valence-electron chi connectivity index (χ0n) is 12.1. The molecule has 0 unspecified atom stereocenters. The zero-order chi connectivity index (χ0) is 14.7. The highest BCUT2D eigenvalue weighted by Crippen LogP contribution is 2.22. The van der Waals surface area contributed by atoms with E-state index in [0.717, 1.165) is 43.2 Å². The van der Waals surface area contributed by atoms with E-state index in [1.54, 1.807) is 12.4 Å². The molecule has 0 radical (unpaired) electrons. The van der Waals surface area contributed by atoms with Gasteiger partial charge in [0.15, 0.2) is 0 Å². The Morgan fingerprint density at radius 3 is 2.76 bits per heavy atom. The molecular formula is C15H19N5O. The lowest BCUT2D eigenvalue weighted by atomic mass is 10.1. The Kier molecular flexibility index (Phi) is 3.85. The topological polar surface area (TPSA) is 77.2 Å². The molecule has 3 rings (SSSR count). The minimum absolute atomic E-state index is 0.228. The molecule has 110 valence electrons. The van der Waals surface area contributed by atoms with Gasteiger partial charge in [-0.15, -0.1) is 0 Å². The van der Waals surface area contributed by atoms with E-state index in [1.165, 1.54) is 0 Å². The number of aromatic nitrogens is 3. The molecule has 3 heterocycles. The third kappa shape index (κ3) is 3.39. The van der Waals surface area contributed by atoms with Crippen molar-refractivity contribution < 1.29 is 4.74 Å². The molecule has 0 amide bonds. The summed E-state index contributed by atoms with van der Waals surface area (Å²) < 4.78 is 5.94. The van der Waals surface area contributed by atoms with Crippen LogP contribution in [0, 0.1) is 6.92 Å². The van der Waals surface area contributed by atoms with Gasteiger partial charge in [-0.2, -0.15) is 4.98 Å². The van der Waals surface area contributed by atoms with Gasteiger partial charge in [0, 0.05) is 43.9 Å². The number of nitrogen functional groups attached to an aromatic ring is 1. The van der Waals surface area contributed by atoms with E-state index in [-0.39, 0.29) is 6.10 Å². The third-order valence-electron chi connectivity index (χ3n) is 3.56. The van der Waals surface area contributed by atoms with Crippen LogP contribution in [0.4, 0.5) is 11.8 Å². The number of hydrogen-bond donors (Lipinski definition) is 1. The van der Waals surface area contributed by atoms with Crippen LogP contribution in [0.15, 0.2) is 30.6 Å². The Labute approximate surface area is 124 Å². The molecule has 1 aliphatic rings. The van der Waals surface area contributed by atoms with Crippen molar-refractivity contribution in [3.63, 3.8) is 0 Å². The zero-order valence-corrected chi connectivity index (χ0v) is 12.1. The fraction of sp³-hybridized carbons (Fsp3) is 0.400. The second-order valence-corrected chi connectivity index (χ2v) is 5.22. The van der Waals surface area contributed by atoms with Gasteiger partial charge in [-0.3, -0.25) is 4.98 Å². The fourth-order valence-corrected chi connectivity index (χ4v) is 2.55. The van der Waals surface area contributed by atoms with Gasteiger partial charge < -0.3 is 15.4 Å². The molecule has 2 aromatic rings. The summed E-state index contributed by atoms with van der Waals surface area (Å²) in [5.74, 6) is 2.07. The molecule has 0 aromatic carbocycles. The van der Waals surface area contributed by atoms with Crippen LogP contribution in [0.5, 0.6) is 5.75 Å². The summed E-state index contributed by atoms with van der Waals surface area (Å²) in [6.45, 7) is 3.74. The molecule has 0 aliphatic carbocycles. The van der Waals surface area contributed by atoms with Gasteiger partial charge >= 0.3 is 0 Å². The van der Waals surface area contributed by atoms with Gasteiger partial charge in [0.05, 0.1) is 6.20 Å². The normalized spacial score (nSPS) is 16.0. The van der Waals surface area contributed by atoms with Crippen molar-refractivity contribution >= 4 is 11.8 Å². The van der Waals surface area contributed by atoms with Gasteiger partial charge in [-0.05, 0) is 19.1 Å². The highest BCUT2D eigenvalue weighted by molar-refractivity contribution is 5.43. The first kappa shape index (κ1) is 13.6. The molecule has 1 fully saturated rings. The van der Waals surface area contributed by atoms with Crippen molar-refractivity contribution in [2.24, 2.45) is 0 Å². The van der Waals surface area contributed by atoms with E-state index in [2.05, 4.69) is 19.9 Å². The maximum absolute atomic E-state index is 5.94. The number of ether oxygens (including phenoxy) is 1.